The first-order valence-corrected chi connectivity index (χ1v) is 50.2. The number of nitrogens with zero attached hydrogens (tertiary/aromatic N) is 9. The van der Waals surface area contributed by atoms with Crippen molar-refractivity contribution in [1.29, 1.82) is 0 Å². The first kappa shape index (κ1) is 116. The fourth-order valence-corrected chi connectivity index (χ4v) is 22.1. The van der Waals surface area contributed by atoms with Crippen molar-refractivity contribution in [3.8, 4) is 34.9 Å². The summed E-state index contributed by atoms with van der Waals surface area (Å²) in [7, 11) is 0. The molecule has 5 amide bonds. The first-order valence-electron chi connectivity index (χ1n) is 50.2. The van der Waals surface area contributed by atoms with Crippen molar-refractivity contribution in [3.05, 3.63) is 71.7 Å². The zero-order chi connectivity index (χ0) is 103. The van der Waals surface area contributed by atoms with Crippen molar-refractivity contribution >= 4 is 87.8 Å². The molecule has 16 rings (SSSR count). The number of alkyl halides is 9. The smallest absolute Gasteiger partial charge is 0.422 e. The van der Waals surface area contributed by atoms with E-state index in [4.69, 9.17) is 67.6 Å². The van der Waals surface area contributed by atoms with E-state index in [1.807, 2.05) is 103 Å². The van der Waals surface area contributed by atoms with Gasteiger partial charge in [0.15, 0.2) is 19.8 Å². The molecule has 6 aromatic rings. The molecule has 3 aromatic carbocycles. The molecular weight excluding hydrogens is 2020 g/mol. The van der Waals surface area contributed by atoms with Gasteiger partial charge >= 0.3 is 36.7 Å². The van der Waals surface area contributed by atoms with Crippen molar-refractivity contribution in [3.63, 3.8) is 0 Å². The molecule has 41 heteroatoms. The summed E-state index contributed by atoms with van der Waals surface area (Å²) in [6.45, 7) is 22.2. The number of fused-ring (bicyclic) bond motifs is 17. The average molecular weight is 2150 g/mol. The molecule has 6 aliphatic heterocycles. The SMILES string of the molecule is CC[C@@H]1[C@@H]2CN(C(=O)[C@H](C(C)(C)C)CC(=O)O[C@]3(C)C[C@H]3CCCCCc3nc4ccc(OCC(F)(F)F)cc4nc3O2)[C@@H]1[C-]=O.CC[C@@H]1[C@@H]2CN(C(=O)[C@H](C(C)(C)C)NC(=O)O[C@@H]3CC4CC4[C@H]3CCCCCc3nc4ccc(OCC(F)(F)F)cc4nc3O2)[C@@H]1[C-]=O.CC[C@@H]1[C@@H]2CN(C(=O)[C@H](C(C)(C)C)NC(=O)O[C@]3(C)CCC[C@H]3CCCCCc3nc4ccc(OCC(F)(F)F)cc4nc3O2)[C@@H]1[C-]=O.[V].[V].[V]. The van der Waals surface area contributed by atoms with E-state index < -0.39 is 168 Å². The molecule has 7 fully saturated rings. The monoisotopic (exact) mass is 2150 g/mol. The van der Waals surface area contributed by atoms with Gasteiger partial charge in [0.25, 0.3) is 0 Å². The summed E-state index contributed by atoms with van der Waals surface area (Å²) in [6, 6.07) is 8.48. The normalized spacial score (nSPS) is 29.4. The van der Waals surface area contributed by atoms with Crippen molar-refractivity contribution < 1.29 is 181 Å². The summed E-state index contributed by atoms with van der Waals surface area (Å²) >= 11 is 0. The van der Waals surface area contributed by atoms with E-state index in [9.17, 15) is 82.7 Å². The van der Waals surface area contributed by atoms with Gasteiger partial charge in [0.2, 0.25) is 35.4 Å². The van der Waals surface area contributed by atoms with Crippen LogP contribution in [0.4, 0.5) is 49.1 Å². The number of aromatic nitrogens is 6. The van der Waals surface area contributed by atoms with Crippen LogP contribution in [-0.2, 0) is 123 Å². The van der Waals surface area contributed by atoms with Crippen molar-refractivity contribution in [1.82, 2.24) is 55.2 Å². The van der Waals surface area contributed by atoms with E-state index in [1.54, 1.807) is 18.2 Å². The molecule has 4 saturated carbocycles. The van der Waals surface area contributed by atoms with Gasteiger partial charge in [0.05, 0.1) is 65.1 Å². The molecule has 10 aliphatic rings. The second-order valence-electron chi connectivity index (χ2n) is 43.7. The Morgan fingerprint density at radius 3 is 1.16 bits per heavy atom. The number of carbonyl (C=O) groups is 6. The Morgan fingerprint density at radius 1 is 0.414 bits per heavy atom. The number of alkyl carbamates (subject to hydrolysis) is 2. The maximum Gasteiger partial charge on any atom is 0.422 e. The number of carbonyl (C=O) groups excluding carboxylic acids is 9. The predicted octanol–water partition coefficient (Wildman–Crippen LogP) is 18.6. The third-order valence-electron chi connectivity index (χ3n) is 30.2. The Bertz CT molecular complexity index is 5450. The summed E-state index contributed by atoms with van der Waals surface area (Å²) in [6.07, 6.45) is 8.22. The van der Waals surface area contributed by atoms with Gasteiger partial charge in [-0.05, 0) is 204 Å². The molecule has 145 heavy (non-hydrogen) atoms. The van der Waals surface area contributed by atoms with E-state index in [2.05, 4.69) is 28.2 Å². The minimum Gasteiger partial charge on any atom is -0.540 e. The Labute approximate surface area is 875 Å². The van der Waals surface area contributed by atoms with Gasteiger partial charge in [0, 0.05) is 79.8 Å². The standard InChI is InChI=1S/C35H44F3N4O6.C35H46F3N4O6.C34H43F3N3O6.3V/c1-5-21-27(17-43)42-16-29(21)47-31-25(39-24-12-11-20(15-26(24)40-31)46-18-35(36,37)38)10-8-6-7-9-22-23-13-19(23)14-28(22)48-33(45)41-30(32(42)44)34(2,3)4;1-6-23-27(19-43)42-18-28(23)47-30-25(39-24-15-14-22(17-26(24)40-30)46-20-35(36,37)38)13-9-7-8-11-21-12-10-16-34(21,5)48-32(45)41-29(31(42)44)33(2,3)4;1-6-22-27(18-41)40-17-28(22)45-30-25(38-24-13-12-21(14-26(24)39-30)44-19-34(35,36)37)11-9-7-8-10-20-16-33(20,5)46-29(42)15-23(31(40)43)32(2,3)4;;;/h11-12,15,19,21-23,27-30H,5-10,13-14,16,18H2,1-4H3,(H,41,45);14-15,17,21,23,27-29H,6-13,16,18,20H2,1-5H3,(H,41,45);12-14,20,22-23,27-28H,6-11,15-17,19H2,1-5H3;;;/q3*-1;;;/t19?,21-,22+,23?,27+,28+,29-,30+;21-,23+,27-,28+,29-,34-;20-,22+,23-,27-,28+,33-;;;/m011.../s1. The van der Waals surface area contributed by atoms with E-state index in [-0.39, 0.29) is 146 Å². The van der Waals surface area contributed by atoms with E-state index >= 15 is 0 Å². The van der Waals surface area contributed by atoms with Crippen LogP contribution >= 0.6 is 0 Å². The van der Waals surface area contributed by atoms with Crippen molar-refractivity contribution in [2.24, 2.45) is 69.5 Å². The zero-order valence-electron chi connectivity index (χ0n) is 84.6. The van der Waals surface area contributed by atoms with Gasteiger partial charge in [-0.25, -0.2) is 58.4 Å². The summed E-state index contributed by atoms with van der Waals surface area (Å²) in [4.78, 5) is 153. The molecule has 2 N–H and O–H groups in total. The number of amides is 5. The van der Waals surface area contributed by atoms with Crippen molar-refractivity contribution in [2.45, 2.75) is 342 Å². The minimum absolute atomic E-state index is 0. The van der Waals surface area contributed by atoms with Crippen LogP contribution < -0.4 is 39.1 Å². The van der Waals surface area contributed by atoms with Crippen LogP contribution in [-0.4, -0.2) is 223 Å². The summed E-state index contributed by atoms with van der Waals surface area (Å²) < 4.78 is 168. The third kappa shape index (κ3) is 28.8. The van der Waals surface area contributed by atoms with Gasteiger partial charge in [-0.2, -0.15) is 39.5 Å². The summed E-state index contributed by atoms with van der Waals surface area (Å²) in [5.41, 5.74) is 0.938. The van der Waals surface area contributed by atoms with Gasteiger partial charge in [-0.15, -0.1) is 0 Å². The fourth-order valence-electron chi connectivity index (χ4n) is 22.1. The quantitative estimate of drug-likeness (QED) is 0.0497. The minimum atomic E-state index is -4.50. The number of rotatable bonds is 12. The van der Waals surface area contributed by atoms with Crippen LogP contribution in [0.25, 0.3) is 33.1 Å². The molecule has 29 nitrogen and oxygen atoms in total. The Kier molecular flexibility index (Phi) is 38.4. The number of halogens is 9. The maximum atomic E-state index is 14.2. The Hall–Kier alpha value is -8.97. The molecular formula is C104H133F9N11O18V3-3. The van der Waals surface area contributed by atoms with Crippen LogP contribution in [0, 0.1) is 69.5 Å². The summed E-state index contributed by atoms with van der Waals surface area (Å²) in [5, 5.41) is 5.69. The number of benzene rings is 3. The van der Waals surface area contributed by atoms with Crippen LogP contribution in [0.2, 0.25) is 0 Å². The van der Waals surface area contributed by atoms with Crippen LogP contribution in [0.1, 0.15) is 255 Å². The Morgan fingerprint density at radius 2 is 0.786 bits per heavy atom. The molecule has 793 valence electrons. The molecule has 4 aliphatic carbocycles. The number of hydrogen-bond acceptors (Lipinski definition) is 24. The van der Waals surface area contributed by atoms with E-state index in [1.165, 1.54) is 51.1 Å². The number of hydrogen-bond donors (Lipinski definition) is 2. The second kappa shape index (κ2) is 47.9. The molecule has 3 saturated heterocycles. The Balaban J connectivity index is 0.000000205. The molecule has 3 aromatic heterocycles. The zero-order valence-corrected chi connectivity index (χ0v) is 88.8. The molecule has 6 bridgehead atoms. The maximum absolute atomic E-state index is 14.2. The topological polar surface area (TPSA) is 348 Å². The van der Waals surface area contributed by atoms with Gasteiger partial charge in [-0.3, -0.25) is 19.2 Å². The fraction of sp³-hybridized carbons (Fsp3) is 0.683. The second-order valence-corrected chi connectivity index (χ2v) is 43.7. The molecule has 3 radical (unpaired) electrons. The number of esters is 1. The molecule has 2 unspecified atom stereocenters. The van der Waals surface area contributed by atoms with Gasteiger partial charge in [-0.1, -0.05) is 159 Å². The van der Waals surface area contributed by atoms with E-state index in [0.29, 0.717) is 101 Å². The van der Waals surface area contributed by atoms with Gasteiger partial charge < -0.3 is 82.3 Å². The van der Waals surface area contributed by atoms with Crippen molar-refractivity contribution in [2.75, 3.05) is 39.5 Å². The number of nitrogens with one attached hydrogen (secondary N) is 2. The molecule has 0 spiro atoms. The molecule has 20 atom stereocenters. The first-order chi connectivity index (χ1) is 67.0. The van der Waals surface area contributed by atoms with Crippen LogP contribution in [0.3, 0.4) is 0 Å². The number of ether oxygens (including phenoxy) is 9. The largest absolute Gasteiger partial charge is 0.540 e. The van der Waals surface area contributed by atoms with E-state index in [0.717, 1.165) is 116 Å². The van der Waals surface area contributed by atoms with Crippen LogP contribution in [0.5, 0.6) is 34.9 Å². The van der Waals surface area contributed by atoms with Gasteiger partial charge in [0.1, 0.15) is 82.0 Å². The molecule has 9 heterocycles. The third-order valence-corrected chi connectivity index (χ3v) is 30.2. The number of aryl methyl sites for hydroxylation is 3. The summed E-state index contributed by atoms with van der Waals surface area (Å²) in [5.74, 6) is -1.18. The van der Waals surface area contributed by atoms with Crippen LogP contribution in [0.15, 0.2) is 54.6 Å². The predicted molar refractivity (Wildman–Crippen MR) is 503 cm³/mol. The average Bonchev–Trinajstić information content (AvgIpc) is 1.59.